The summed E-state index contributed by atoms with van der Waals surface area (Å²) >= 11 is 0. The second kappa shape index (κ2) is 13.4. The van der Waals surface area contributed by atoms with Gasteiger partial charge in [-0.2, -0.15) is 10.5 Å². The highest BCUT2D eigenvalue weighted by Gasteiger charge is 2.27. The maximum Gasteiger partial charge on any atom is 0.102 e. The van der Waals surface area contributed by atoms with Crippen LogP contribution in [0.1, 0.15) is 66.9 Å². The van der Waals surface area contributed by atoms with Gasteiger partial charge in [0.25, 0.3) is 0 Å². The molecular formula is C47H41N5. The quantitative estimate of drug-likeness (QED) is 0.0915. The van der Waals surface area contributed by atoms with Crippen LogP contribution < -0.4 is 0 Å². The molecule has 0 amide bonds. The number of benzene rings is 3. The minimum Gasteiger partial charge on any atom is -0.314 e. The molecule has 0 N–H and O–H groups in total. The maximum atomic E-state index is 11.0. The Morgan fingerprint density at radius 3 is 2.40 bits per heavy atom. The molecule has 0 saturated heterocycles. The van der Waals surface area contributed by atoms with E-state index in [0.717, 1.165) is 76.5 Å². The first-order valence-electron chi connectivity index (χ1n) is 18.3. The standard InChI is InChI=1S/C47H41N5/c1-5-7-19-34-32(4)51(43-24-15-12-20-35(34)43)47(41(29-49)40(28-48)31(3)6-2)30-50-42-23-14-11-21-36(42)38-27-46-39(26-45(38)50)37-22-13-16-25-44(37)52(46)33-17-9-8-10-18-33/h6-12,14,16-21,23,25-27,30-31H,2,5,13,15,22,24H2,1,3-4H3/b19-7-,41-40-,47-30-/t31-/m1/s1. The van der Waals surface area contributed by atoms with Crippen molar-refractivity contribution in [3.05, 3.63) is 143 Å². The minimum absolute atomic E-state index is 0.302. The molecule has 8 rings (SSSR count). The van der Waals surface area contributed by atoms with Gasteiger partial charge in [-0.05, 0) is 81.0 Å². The Bertz CT molecular complexity index is 2660. The Hall–Kier alpha value is -6.30. The Labute approximate surface area is 305 Å². The molecule has 3 aromatic heterocycles. The maximum absolute atomic E-state index is 11.0. The number of para-hydroxylation sites is 2. The average Bonchev–Trinajstić information content (AvgIpc) is 3.78. The zero-order chi connectivity index (χ0) is 35.9. The third-order valence-electron chi connectivity index (χ3n) is 10.8. The molecule has 52 heavy (non-hydrogen) atoms. The largest absolute Gasteiger partial charge is 0.314 e. The van der Waals surface area contributed by atoms with Crippen LogP contribution in [0.2, 0.25) is 0 Å². The Kier molecular flexibility index (Phi) is 8.50. The first-order chi connectivity index (χ1) is 25.5. The van der Waals surface area contributed by atoms with Crippen LogP contribution in [0.4, 0.5) is 0 Å². The van der Waals surface area contributed by atoms with E-state index < -0.39 is 0 Å². The van der Waals surface area contributed by atoms with E-state index in [2.05, 4.69) is 156 Å². The number of hydrogen-bond donors (Lipinski definition) is 0. The van der Waals surface area contributed by atoms with Crippen LogP contribution in [-0.4, -0.2) is 13.7 Å². The number of nitrogens with zero attached hydrogens (tertiary/aromatic N) is 5. The van der Waals surface area contributed by atoms with Crippen molar-refractivity contribution in [2.75, 3.05) is 0 Å². The van der Waals surface area contributed by atoms with Crippen LogP contribution in [0.15, 0.2) is 109 Å². The molecule has 254 valence electrons. The summed E-state index contributed by atoms with van der Waals surface area (Å²) in [5, 5.41) is 25.1. The number of allylic oxidation sites excluding steroid dienone is 7. The van der Waals surface area contributed by atoms with E-state index in [1.807, 2.05) is 6.92 Å². The van der Waals surface area contributed by atoms with Crippen molar-refractivity contribution >= 4 is 62.8 Å². The molecule has 0 aliphatic heterocycles. The number of aryl methyl sites for hydroxylation is 1. The molecule has 2 aliphatic carbocycles. The second-order valence-electron chi connectivity index (χ2n) is 13.7. The van der Waals surface area contributed by atoms with Crippen molar-refractivity contribution < 1.29 is 0 Å². The van der Waals surface area contributed by atoms with Gasteiger partial charge in [0.2, 0.25) is 0 Å². The summed E-state index contributed by atoms with van der Waals surface area (Å²) in [6.45, 7) is 10.2. The van der Waals surface area contributed by atoms with Gasteiger partial charge < -0.3 is 13.7 Å². The highest BCUT2D eigenvalue weighted by molar-refractivity contribution is 6.15. The molecule has 0 fully saturated rings. The highest BCUT2D eigenvalue weighted by Crippen LogP contribution is 2.41. The van der Waals surface area contributed by atoms with E-state index in [1.165, 1.54) is 27.7 Å². The van der Waals surface area contributed by atoms with Gasteiger partial charge in [0.05, 0.1) is 39.5 Å². The molecule has 3 heterocycles. The van der Waals surface area contributed by atoms with Gasteiger partial charge in [-0.1, -0.05) is 86.7 Å². The second-order valence-corrected chi connectivity index (χ2v) is 13.7. The zero-order valence-electron chi connectivity index (χ0n) is 30.0. The Morgan fingerprint density at radius 2 is 1.63 bits per heavy atom. The number of rotatable bonds is 8. The summed E-state index contributed by atoms with van der Waals surface area (Å²) in [7, 11) is 0. The van der Waals surface area contributed by atoms with Gasteiger partial charge in [0.15, 0.2) is 0 Å². The lowest BCUT2D eigenvalue weighted by atomic mass is 9.95. The molecule has 5 heteroatoms. The van der Waals surface area contributed by atoms with Crippen molar-refractivity contribution in [1.82, 2.24) is 13.7 Å². The van der Waals surface area contributed by atoms with E-state index in [4.69, 9.17) is 0 Å². The summed E-state index contributed by atoms with van der Waals surface area (Å²) < 4.78 is 6.90. The SMILES string of the molecule is C=C[C@@H](C)/C(C#N)=C(C#N)\C(=C\n1c2ccccc2c2cc3c(cc21)c1c(n3-c2ccccc2)C=CCC1)n1c(C)c(/C=C\CC)c2c1CCC=C2. The fourth-order valence-electron chi connectivity index (χ4n) is 8.25. The summed E-state index contributed by atoms with van der Waals surface area (Å²) in [4.78, 5) is 0. The van der Waals surface area contributed by atoms with Crippen LogP contribution in [0.5, 0.6) is 0 Å². The molecule has 1 atom stereocenters. The van der Waals surface area contributed by atoms with Crippen molar-refractivity contribution in [1.29, 1.82) is 10.5 Å². The van der Waals surface area contributed by atoms with Crippen molar-refractivity contribution in [2.45, 2.75) is 52.9 Å². The summed E-state index contributed by atoms with van der Waals surface area (Å²) in [6.07, 6.45) is 21.9. The number of fused-ring (bicyclic) bond motifs is 7. The number of aromatic nitrogens is 3. The Morgan fingerprint density at radius 1 is 0.885 bits per heavy atom. The number of hydrogen-bond acceptors (Lipinski definition) is 2. The highest BCUT2D eigenvalue weighted by atomic mass is 15.1. The van der Waals surface area contributed by atoms with Gasteiger partial charge in [0, 0.05) is 62.2 Å². The third-order valence-corrected chi connectivity index (χ3v) is 10.8. The summed E-state index contributed by atoms with van der Waals surface area (Å²) in [5.74, 6) is -0.302. The first kappa shape index (κ1) is 32.9. The monoisotopic (exact) mass is 675 g/mol. The summed E-state index contributed by atoms with van der Waals surface area (Å²) in [5.41, 5.74) is 13.0. The van der Waals surface area contributed by atoms with E-state index >= 15 is 0 Å². The predicted molar refractivity (Wildman–Crippen MR) is 218 cm³/mol. The third kappa shape index (κ3) is 5.12. The van der Waals surface area contributed by atoms with Crippen LogP contribution >= 0.6 is 0 Å². The lowest BCUT2D eigenvalue weighted by Gasteiger charge is -2.19. The Balaban J connectivity index is 1.51. The van der Waals surface area contributed by atoms with Crippen molar-refractivity contribution in [2.24, 2.45) is 5.92 Å². The molecule has 0 saturated carbocycles. The molecule has 5 nitrogen and oxygen atoms in total. The minimum atomic E-state index is -0.302. The van der Waals surface area contributed by atoms with Gasteiger partial charge in [-0.3, -0.25) is 0 Å². The van der Waals surface area contributed by atoms with Crippen LogP contribution in [-0.2, 0) is 12.8 Å². The molecule has 0 unspecified atom stereocenters. The smallest absolute Gasteiger partial charge is 0.102 e. The van der Waals surface area contributed by atoms with Crippen LogP contribution in [0.25, 0.3) is 68.5 Å². The molecule has 6 aromatic rings. The first-order valence-corrected chi connectivity index (χ1v) is 18.3. The van der Waals surface area contributed by atoms with Crippen LogP contribution in [0.3, 0.4) is 0 Å². The molecule has 0 spiro atoms. The molecule has 0 bridgehead atoms. The lowest BCUT2D eigenvalue weighted by Crippen LogP contribution is -2.11. The fourth-order valence-corrected chi connectivity index (χ4v) is 8.25. The van der Waals surface area contributed by atoms with Gasteiger partial charge in [-0.15, -0.1) is 6.58 Å². The lowest BCUT2D eigenvalue weighted by molar-refractivity contribution is 0.858. The van der Waals surface area contributed by atoms with E-state index in [1.54, 1.807) is 6.08 Å². The van der Waals surface area contributed by atoms with E-state index in [9.17, 15) is 10.5 Å². The summed E-state index contributed by atoms with van der Waals surface area (Å²) in [6, 6.07) is 28.7. The topological polar surface area (TPSA) is 62.4 Å². The number of nitriles is 2. The molecule has 0 radical (unpaired) electrons. The van der Waals surface area contributed by atoms with E-state index in [-0.39, 0.29) is 5.92 Å². The van der Waals surface area contributed by atoms with Gasteiger partial charge in [-0.25, -0.2) is 0 Å². The van der Waals surface area contributed by atoms with Crippen molar-refractivity contribution in [3.63, 3.8) is 0 Å². The van der Waals surface area contributed by atoms with Gasteiger partial charge in [0.1, 0.15) is 6.07 Å². The molecule has 3 aromatic carbocycles. The van der Waals surface area contributed by atoms with Gasteiger partial charge >= 0.3 is 0 Å². The predicted octanol–water partition coefficient (Wildman–Crippen LogP) is 11.8. The van der Waals surface area contributed by atoms with E-state index in [0.29, 0.717) is 16.8 Å². The van der Waals surface area contributed by atoms with Crippen molar-refractivity contribution in [3.8, 4) is 17.8 Å². The molecule has 2 aliphatic rings. The average molecular weight is 676 g/mol. The van der Waals surface area contributed by atoms with Crippen LogP contribution in [0, 0.1) is 35.5 Å². The normalized spacial score (nSPS) is 15.1. The zero-order valence-corrected chi connectivity index (χ0v) is 30.0. The fraction of sp³-hybridized carbons (Fsp3) is 0.191. The molecular weight excluding hydrogens is 635 g/mol.